The van der Waals surface area contributed by atoms with E-state index in [1.54, 1.807) is 18.0 Å². The van der Waals surface area contributed by atoms with Crippen LogP contribution in [-0.2, 0) is 17.9 Å². The lowest BCUT2D eigenvalue weighted by molar-refractivity contribution is -0.0670. The molecule has 2 aliphatic heterocycles. The van der Waals surface area contributed by atoms with E-state index in [2.05, 4.69) is 25.2 Å². The molecule has 8 heteroatoms. The van der Waals surface area contributed by atoms with Crippen LogP contribution >= 0.6 is 11.8 Å². The molecule has 0 aromatic carbocycles. The topological polar surface area (TPSA) is 69.0 Å². The van der Waals surface area contributed by atoms with Gasteiger partial charge in [0.25, 0.3) is 0 Å². The molecule has 2 aromatic rings. The van der Waals surface area contributed by atoms with Crippen LogP contribution in [0, 0.1) is 0 Å². The van der Waals surface area contributed by atoms with Crippen LogP contribution < -0.4 is 0 Å². The second-order valence-electron chi connectivity index (χ2n) is 5.69. The summed E-state index contributed by atoms with van der Waals surface area (Å²) in [4.78, 5) is 11.1. The van der Waals surface area contributed by atoms with Gasteiger partial charge in [-0.05, 0) is 12.7 Å². The van der Waals surface area contributed by atoms with Gasteiger partial charge < -0.3 is 4.74 Å². The summed E-state index contributed by atoms with van der Waals surface area (Å²) in [6, 6.07) is 0.256. The maximum absolute atomic E-state index is 5.94. The Bertz CT molecular complexity index is 645. The number of nitrogens with zero attached hydrogens (tertiary/aromatic N) is 6. The van der Waals surface area contributed by atoms with E-state index in [0.29, 0.717) is 6.61 Å². The Morgan fingerprint density at radius 3 is 3.00 bits per heavy atom. The Balaban J connectivity index is 1.47. The first kappa shape index (κ1) is 14.1. The Hall–Kier alpha value is -1.51. The number of aromatic nitrogens is 5. The van der Waals surface area contributed by atoms with Gasteiger partial charge in [-0.2, -0.15) is 0 Å². The fraction of sp³-hybridized carbons (Fsp3) is 0.571. The van der Waals surface area contributed by atoms with Crippen LogP contribution in [0.25, 0.3) is 0 Å². The van der Waals surface area contributed by atoms with Gasteiger partial charge in [-0.3, -0.25) is 4.90 Å². The summed E-state index contributed by atoms with van der Waals surface area (Å²) in [6.07, 6.45) is 8.89. The van der Waals surface area contributed by atoms with Crippen LogP contribution in [-0.4, -0.2) is 55.3 Å². The lowest BCUT2D eigenvalue weighted by atomic mass is 10.00. The summed E-state index contributed by atoms with van der Waals surface area (Å²) in [5, 5.41) is 9.07. The maximum atomic E-state index is 5.94. The van der Waals surface area contributed by atoms with Gasteiger partial charge in [0.1, 0.15) is 0 Å². The lowest BCUT2D eigenvalue weighted by Crippen LogP contribution is -2.47. The van der Waals surface area contributed by atoms with E-state index < -0.39 is 0 Å². The normalized spacial score (nSPS) is 24.8. The number of likely N-dealkylation sites (tertiary alicyclic amines) is 1. The minimum Gasteiger partial charge on any atom is -0.370 e. The third kappa shape index (κ3) is 2.62. The van der Waals surface area contributed by atoms with E-state index in [-0.39, 0.29) is 12.1 Å². The molecule has 22 heavy (non-hydrogen) atoms. The zero-order valence-corrected chi connectivity index (χ0v) is 13.2. The van der Waals surface area contributed by atoms with Crippen molar-refractivity contribution in [1.29, 1.82) is 0 Å². The molecule has 0 amide bonds. The Morgan fingerprint density at radius 1 is 1.32 bits per heavy atom. The summed E-state index contributed by atoms with van der Waals surface area (Å²) in [5.41, 5.74) is 2.21. The highest BCUT2D eigenvalue weighted by Gasteiger charge is 2.36. The summed E-state index contributed by atoms with van der Waals surface area (Å²) in [7, 11) is 0. The average molecular weight is 318 g/mol. The molecule has 0 N–H and O–H groups in total. The number of thioether (sulfide) groups is 1. The molecular formula is C14H18N6OS. The van der Waals surface area contributed by atoms with Crippen LogP contribution in [0.3, 0.4) is 0 Å². The molecule has 2 aromatic heterocycles. The van der Waals surface area contributed by atoms with Gasteiger partial charge in [-0.25, -0.2) is 14.6 Å². The van der Waals surface area contributed by atoms with Crippen molar-refractivity contribution in [3.05, 3.63) is 29.8 Å². The van der Waals surface area contributed by atoms with Gasteiger partial charge in [-0.1, -0.05) is 17.0 Å². The molecule has 4 rings (SSSR count). The van der Waals surface area contributed by atoms with Gasteiger partial charge >= 0.3 is 0 Å². The van der Waals surface area contributed by atoms with Crippen molar-refractivity contribution in [1.82, 2.24) is 29.9 Å². The van der Waals surface area contributed by atoms with Crippen LogP contribution in [0.1, 0.15) is 23.7 Å². The molecule has 4 heterocycles. The summed E-state index contributed by atoms with van der Waals surface area (Å²) in [6.45, 7) is 3.43. The number of rotatable bonds is 3. The highest BCUT2D eigenvalue weighted by atomic mass is 32.2. The zero-order chi connectivity index (χ0) is 14.9. The molecule has 0 saturated carbocycles. The van der Waals surface area contributed by atoms with Crippen LogP contribution in [0.4, 0.5) is 0 Å². The molecule has 2 unspecified atom stereocenters. The second-order valence-corrected chi connectivity index (χ2v) is 6.46. The number of fused-ring (bicyclic) bond motifs is 3. The van der Waals surface area contributed by atoms with Crippen molar-refractivity contribution >= 4 is 11.8 Å². The zero-order valence-electron chi connectivity index (χ0n) is 12.4. The van der Waals surface area contributed by atoms with Crippen molar-refractivity contribution in [2.75, 3.05) is 19.3 Å². The lowest BCUT2D eigenvalue weighted by Gasteiger charge is -2.40. The van der Waals surface area contributed by atoms with E-state index in [1.165, 1.54) is 0 Å². The number of hydrogen-bond donors (Lipinski definition) is 0. The van der Waals surface area contributed by atoms with E-state index in [4.69, 9.17) is 4.74 Å². The molecular weight excluding hydrogens is 300 g/mol. The fourth-order valence-electron chi connectivity index (χ4n) is 3.18. The molecule has 7 nitrogen and oxygen atoms in total. The summed E-state index contributed by atoms with van der Waals surface area (Å²) < 4.78 is 7.98. The largest absolute Gasteiger partial charge is 0.370 e. The average Bonchev–Trinajstić information content (AvgIpc) is 3.05. The quantitative estimate of drug-likeness (QED) is 0.621. The molecule has 0 spiro atoms. The predicted molar refractivity (Wildman–Crippen MR) is 81.3 cm³/mol. The maximum Gasteiger partial charge on any atom is 0.187 e. The predicted octanol–water partition coefficient (Wildman–Crippen LogP) is 1.14. The smallest absolute Gasteiger partial charge is 0.187 e. The first-order chi connectivity index (χ1) is 10.8. The number of hydrogen-bond acceptors (Lipinski definition) is 7. The molecule has 0 bridgehead atoms. The van der Waals surface area contributed by atoms with E-state index >= 15 is 0 Å². The molecule has 2 atom stereocenters. The second kappa shape index (κ2) is 5.94. The monoisotopic (exact) mass is 318 g/mol. The third-order valence-electron chi connectivity index (χ3n) is 4.28. The Labute approximate surface area is 133 Å². The molecule has 0 radical (unpaired) electrons. The minimum absolute atomic E-state index is 0.251. The van der Waals surface area contributed by atoms with Gasteiger partial charge in [0, 0.05) is 37.6 Å². The molecule has 1 saturated heterocycles. The van der Waals surface area contributed by atoms with Crippen molar-refractivity contribution in [3.63, 3.8) is 0 Å². The van der Waals surface area contributed by atoms with Crippen molar-refractivity contribution in [2.45, 2.75) is 36.9 Å². The highest BCUT2D eigenvalue weighted by Crippen LogP contribution is 2.30. The summed E-state index contributed by atoms with van der Waals surface area (Å²) in [5.74, 6) is 0. The van der Waals surface area contributed by atoms with Gasteiger partial charge in [0.15, 0.2) is 5.16 Å². The van der Waals surface area contributed by atoms with Crippen LogP contribution in [0.2, 0.25) is 0 Å². The summed E-state index contributed by atoms with van der Waals surface area (Å²) >= 11 is 1.56. The van der Waals surface area contributed by atoms with Gasteiger partial charge in [-0.15, -0.1) is 5.10 Å². The molecule has 116 valence electrons. The molecule has 1 fully saturated rings. The SMILES string of the molecule is CSc1ncc(CN2CCC3OCc4cnnn4C3C2)cn1. The van der Waals surface area contributed by atoms with Crippen molar-refractivity contribution in [2.24, 2.45) is 0 Å². The van der Waals surface area contributed by atoms with E-state index in [9.17, 15) is 0 Å². The number of piperidine rings is 1. The Morgan fingerprint density at radius 2 is 2.18 bits per heavy atom. The van der Waals surface area contributed by atoms with Crippen LogP contribution in [0.15, 0.2) is 23.7 Å². The Kier molecular flexibility index (Phi) is 3.81. The first-order valence-corrected chi connectivity index (χ1v) is 8.64. The fourth-order valence-corrected chi connectivity index (χ4v) is 3.49. The third-order valence-corrected chi connectivity index (χ3v) is 4.86. The van der Waals surface area contributed by atoms with Gasteiger partial charge in [0.2, 0.25) is 0 Å². The van der Waals surface area contributed by atoms with E-state index in [0.717, 1.165) is 42.5 Å². The van der Waals surface area contributed by atoms with Crippen LogP contribution in [0.5, 0.6) is 0 Å². The molecule has 2 aliphatic rings. The standard InChI is InChI=1S/C14H18N6OS/c1-22-14-15-4-10(5-16-14)7-19-3-2-13-12(8-19)20-11(9-21-13)6-17-18-20/h4-6,12-13H,2-3,7-9H2,1H3. The highest BCUT2D eigenvalue weighted by molar-refractivity contribution is 7.98. The molecule has 0 aliphatic carbocycles. The van der Waals surface area contributed by atoms with E-state index in [1.807, 2.05) is 23.3 Å². The number of ether oxygens (including phenoxy) is 1. The van der Waals surface area contributed by atoms with Crippen molar-refractivity contribution in [3.8, 4) is 0 Å². The van der Waals surface area contributed by atoms with Crippen molar-refractivity contribution < 1.29 is 4.74 Å². The first-order valence-electron chi connectivity index (χ1n) is 7.41. The van der Waals surface area contributed by atoms with Gasteiger partial charge in [0.05, 0.1) is 30.6 Å². The minimum atomic E-state index is 0.251.